The average Bonchev–Trinajstić information content (AvgIpc) is 2.89. The number of thioether (sulfide) groups is 1. The molecule has 0 amide bonds. The molecule has 0 saturated heterocycles. The second kappa shape index (κ2) is 11.7. The summed E-state index contributed by atoms with van der Waals surface area (Å²) in [6, 6.07) is 11.3. The highest BCUT2D eigenvalue weighted by atomic mass is 35.5. The molecule has 0 atom stereocenters. The Bertz CT molecular complexity index is 1650. The summed E-state index contributed by atoms with van der Waals surface area (Å²) in [7, 11) is 0. The van der Waals surface area contributed by atoms with Crippen molar-refractivity contribution in [2.24, 2.45) is 0 Å². The van der Waals surface area contributed by atoms with Gasteiger partial charge in [-0.1, -0.05) is 30.3 Å². The smallest absolute Gasteiger partial charge is 0.421 e. The number of pyridine rings is 3. The maximum atomic E-state index is 13.3. The molecular weight excluding hydrogens is 547 g/mol. The fourth-order valence-corrected chi connectivity index (χ4v) is 5.25. The number of fused-ring (bicyclic) bond motifs is 1. The molecule has 39 heavy (non-hydrogen) atoms. The summed E-state index contributed by atoms with van der Waals surface area (Å²) in [5.74, 6) is 0.526. The first-order valence-corrected chi connectivity index (χ1v) is 13.4. The second-order valence-electron chi connectivity index (χ2n) is 8.74. The van der Waals surface area contributed by atoms with Crippen molar-refractivity contribution in [3.63, 3.8) is 0 Å². The molecule has 4 rings (SSSR count). The van der Waals surface area contributed by atoms with Crippen molar-refractivity contribution in [3.05, 3.63) is 117 Å². The molecule has 0 radical (unpaired) electrons. The summed E-state index contributed by atoms with van der Waals surface area (Å²) in [6.45, 7) is 7.46. The molecule has 0 saturated carbocycles. The van der Waals surface area contributed by atoms with E-state index in [1.165, 1.54) is 24.0 Å². The van der Waals surface area contributed by atoms with Crippen LogP contribution in [-0.4, -0.2) is 20.8 Å². The summed E-state index contributed by atoms with van der Waals surface area (Å²) in [4.78, 5) is 22.4. The van der Waals surface area contributed by atoms with Gasteiger partial charge in [-0.2, -0.15) is 13.2 Å². The minimum atomic E-state index is -4.74. The first-order valence-electron chi connectivity index (χ1n) is 11.8. The number of benzene rings is 1. The standard InChI is InChI=1S/C29H25ClF3N3O2S/c1-5-23(30)27(39-4)20-14-18(3)35-26-19(20)8-6-10-25(26)38-16-21-17(2)11-12-34-24(21)15-36-13-7-9-22(28(36)37)29(31,32)33/h5-14H,1,15-16H2,2-4H3/b27-23+. The predicted octanol–water partition coefficient (Wildman–Crippen LogP) is 7.51. The lowest BCUT2D eigenvalue weighted by molar-refractivity contribution is -0.138. The molecule has 0 bridgehead atoms. The molecule has 3 heterocycles. The number of para-hydroxylation sites is 1. The van der Waals surface area contributed by atoms with Gasteiger partial charge < -0.3 is 9.30 Å². The molecule has 10 heteroatoms. The van der Waals surface area contributed by atoms with Gasteiger partial charge in [0.05, 0.1) is 17.3 Å². The van der Waals surface area contributed by atoms with E-state index < -0.39 is 17.3 Å². The fourth-order valence-electron chi connectivity index (χ4n) is 4.25. The van der Waals surface area contributed by atoms with Crippen LogP contribution < -0.4 is 10.3 Å². The number of hydrogen-bond acceptors (Lipinski definition) is 5. The molecule has 0 spiro atoms. The van der Waals surface area contributed by atoms with Crippen molar-refractivity contribution in [3.8, 4) is 5.75 Å². The third-order valence-electron chi connectivity index (χ3n) is 6.17. The van der Waals surface area contributed by atoms with Crippen molar-refractivity contribution in [1.82, 2.24) is 14.5 Å². The van der Waals surface area contributed by atoms with Gasteiger partial charge in [-0.15, -0.1) is 11.8 Å². The topological polar surface area (TPSA) is 57.0 Å². The molecule has 0 aliphatic rings. The van der Waals surface area contributed by atoms with Gasteiger partial charge in [0.2, 0.25) is 0 Å². The molecule has 0 fully saturated rings. The van der Waals surface area contributed by atoms with Crippen LogP contribution in [0.5, 0.6) is 5.75 Å². The number of aryl methyl sites for hydroxylation is 2. The van der Waals surface area contributed by atoms with Crippen molar-refractivity contribution >= 4 is 39.2 Å². The van der Waals surface area contributed by atoms with Gasteiger partial charge in [0.15, 0.2) is 0 Å². The zero-order chi connectivity index (χ0) is 28.3. The van der Waals surface area contributed by atoms with Crippen LogP contribution in [-0.2, 0) is 19.3 Å². The second-order valence-corrected chi connectivity index (χ2v) is 9.97. The van der Waals surface area contributed by atoms with Crippen LogP contribution >= 0.6 is 23.4 Å². The monoisotopic (exact) mass is 571 g/mol. The van der Waals surface area contributed by atoms with Gasteiger partial charge in [-0.3, -0.25) is 9.78 Å². The van der Waals surface area contributed by atoms with Crippen LogP contribution in [0, 0.1) is 13.8 Å². The van der Waals surface area contributed by atoms with Gasteiger partial charge >= 0.3 is 6.18 Å². The quantitative estimate of drug-likeness (QED) is 0.205. The first kappa shape index (κ1) is 28.4. The van der Waals surface area contributed by atoms with Gasteiger partial charge in [-0.25, -0.2) is 4.98 Å². The molecule has 4 aromatic rings. The van der Waals surface area contributed by atoms with Crippen molar-refractivity contribution < 1.29 is 17.9 Å². The van der Waals surface area contributed by atoms with E-state index in [4.69, 9.17) is 21.3 Å². The van der Waals surface area contributed by atoms with Gasteiger partial charge in [0.1, 0.15) is 23.4 Å². The summed E-state index contributed by atoms with van der Waals surface area (Å²) >= 11 is 7.95. The van der Waals surface area contributed by atoms with Crippen molar-refractivity contribution in [2.45, 2.75) is 33.2 Å². The predicted molar refractivity (Wildman–Crippen MR) is 151 cm³/mol. The number of allylic oxidation sites excluding steroid dienone is 2. The van der Waals surface area contributed by atoms with E-state index >= 15 is 0 Å². The molecule has 0 N–H and O–H groups in total. The third-order valence-corrected chi connectivity index (χ3v) is 7.48. The Morgan fingerprint density at radius 2 is 1.97 bits per heavy atom. The lowest BCUT2D eigenvalue weighted by Gasteiger charge is -2.17. The van der Waals surface area contributed by atoms with Crippen LogP contribution in [0.1, 0.15) is 33.6 Å². The van der Waals surface area contributed by atoms with Crippen molar-refractivity contribution in [2.75, 3.05) is 6.26 Å². The number of ether oxygens (including phenoxy) is 1. The van der Waals surface area contributed by atoms with Crippen LogP contribution in [0.4, 0.5) is 13.2 Å². The normalized spacial score (nSPS) is 12.4. The zero-order valence-corrected chi connectivity index (χ0v) is 23.0. The fraction of sp³-hybridized carbons (Fsp3) is 0.207. The Hall–Kier alpha value is -3.56. The maximum Gasteiger partial charge on any atom is 0.421 e. The molecule has 0 aliphatic heterocycles. The van der Waals surface area contributed by atoms with Crippen molar-refractivity contribution in [1.29, 1.82) is 0 Å². The molecule has 3 aromatic heterocycles. The number of alkyl halides is 3. The first-order chi connectivity index (χ1) is 18.5. The highest BCUT2D eigenvalue weighted by Gasteiger charge is 2.34. The Kier molecular flexibility index (Phi) is 8.51. The van der Waals surface area contributed by atoms with Crippen LogP contribution in [0.15, 0.2) is 77.3 Å². The Labute approximate surface area is 233 Å². The summed E-state index contributed by atoms with van der Waals surface area (Å²) < 4.78 is 47.0. The minimum absolute atomic E-state index is 0.0748. The van der Waals surface area contributed by atoms with E-state index in [1.807, 2.05) is 38.3 Å². The summed E-state index contributed by atoms with van der Waals surface area (Å²) in [5.41, 5.74) is 1.91. The Morgan fingerprint density at radius 1 is 1.21 bits per heavy atom. The number of nitrogens with zero attached hydrogens (tertiary/aromatic N) is 3. The number of rotatable bonds is 8. The molecule has 0 aliphatic carbocycles. The van der Waals surface area contributed by atoms with Crippen LogP contribution in [0.25, 0.3) is 15.8 Å². The summed E-state index contributed by atoms with van der Waals surface area (Å²) in [5, 5.41) is 1.38. The van der Waals surface area contributed by atoms with Crippen LogP contribution in [0.3, 0.4) is 0 Å². The molecule has 202 valence electrons. The number of hydrogen-bond donors (Lipinski definition) is 0. The average molecular weight is 572 g/mol. The van der Waals surface area contributed by atoms with Gasteiger partial charge in [0.25, 0.3) is 5.56 Å². The van der Waals surface area contributed by atoms with E-state index in [1.54, 1.807) is 24.4 Å². The third kappa shape index (κ3) is 6.04. The lowest BCUT2D eigenvalue weighted by Crippen LogP contribution is -2.29. The molecule has 5 nitrogen and oxygen atoms in total. The lowest BCUT2D eigenvalue weighted by atomic mass is 10.1. The van der Waals surface area contributed by atoms with Crippen LogP contribution in [0.2, 0.25) is 0 Å². The molecule has 0 unspecified atom stereocenters. The SMILES string of the molecule is C=C/C(Cl)=C(\SC)c1cc(C)nc2c(OCc3c(C)ccnc3Cn3cccc(C(F)(F)F)c3=O)cccc12. The molecular formula is C29H25ClF3N3O2S. The minimum Gasteiger partial charge on any atom is -0.487 e. The van der Waals surface area contributed by atoms with Gasteiger partial charge in [0, 0.05) is 39.5 Å². The van der Waals surface area contributed by atoms with Gasteiger partial charge in [-0.05, 0) is 62.1 Å². The van der Waals surface area contributed by atoms with E-state index in [9.17, 15) is 18.0 Å². The highest BCUT2D eigenvalue weighted by molar-refractivity contribution is 8.07. The number of halogens is 4. The van der Waals surface area contributed by atoms with E-state index in [0.717, 1.165) is 37.7 Å². The Morgan fingerprint density at radius 3 is 2.67 bits per heavy atom. The molecule has 1 aromatic carbocycles. The largest absolute Gasteiger partial charge is 0.487 e. The number of aromatic nitrogens is 3. The Balaban J connectivity index is 1.72. The highest BCUT2D eigenvalue weighted by Crippen LogP contribution is 2.38. The van der Waals surface area contributed by atoms with E-state index in [0.29, 0.717) is 27.6 Å². The van der Waals surface area contributed by atoms with E-state index in [2.05, 4.69) is 11.6 Å². The summed E-state index contributed by atoms with van der Waals surface area (Å²) in [6.07, 6.45) is 1.66. The van der Waals surface area contributed by atoms with E-state index in [-0.39, 0.29) is 13.2 Å². The maximum absolute atomic E-state index is 13.3. The zero-order valence-electron chi connectivity index (χ0n) is 21.5.